The fourth-order valence-electron chi connectivity index (χ4n) is 1.79. The fourth-order valence-corrected chi connectivity index (χ4v) is 1.90. The number of hydrogen-bond donors (Lipinski definition) is 2. The molecule has 0 saturated carbocycles. The molecule has 1 heterocycles. The smallest absolute Gasteiger partial charge is 0.343 e. The van der Waals surface area contributed by atoms with E-state index < -0.39 is 35.4 Å². The first-order valence-corrected chi connectivity index (χ1v) is 6.38. The molecule has 1 aromatic heterocycles. The van der Waals surface area contributed by atoms with Gasteiger partial charge in [-0.15, -0.1) is 5.10 Å². The Hall–Kier alpha value is -2.43. The van der Waals surface area contributed by atoms with Crippen molar-refractivity contribution in [1.29, 1.82) is 0 Å². The van der Waals surface area contributed by atoms with E-state index in [4.69, 9.17) is 27.8 Å². The summed E-state index contributed by atoms with van der Waals surface area (Å²) in [5, 5.41) is 13.6. The number of methoxy groups -OCH3 is 1. The average molecular weight is 356 g/mol. The minimum atomic E-state index is -2.85. The summed E-state index contributed by atoms with van der Waals surface area (Å²) in [5.41, 5.74) is 9.77. The van der Waals surface area contributed by atoms with Crippen LogP contribution in [0.15, 0.2) is 28.9 Å². The Balaban J connectivity index is 3.46. The normalized spacial score (nSPS) is 14.6. The molecule has 23 heavy (non-hydrogen) atoms. The minimum absolute atomic E-state index is 0.127. The number of hydrogen-bond acceptors (Lipinski definition) is 6. The van der Waals surface area contributed by atoms with E-state index >= 15 is 0 Å². The molecule has 0 aliphatic rings. The van der Waals surface area contributed by atoms with Crippen LogP contribution in [0.4, 0.5) is 18.9 Å². The zero-order chi connectivity index (χ0) is 17.7. The van der Waals surface area contributed by atoms with Gasteiger partial charge in [-0.25, -0.2) is 8.78 Å². The predicted octanol–water partition coefficient (Wildman–Crippen LogP) is 1.98. The van der Waals surface area contributed by atoms with Crippen LogP contribution in [0.3, 0.4) is 0 Å². The maximum Gasteiger partial charge on any atom is 0.343 e. The fraction of sp³-hybridized carbons (Fsp3) is 0.364. The minimum Gasteiger partial charge on any atom is -0.482 e. The van der Waals surface area contributed by atoms with Crippen molar-refractivity contribution >= 4 is 17.3 Å². The lowest BCUT2D eigenvalue weighted by Gasteiger charge is -2.19. The summed E-state index contributed by atoms with van der Waals surface area (Å²) < 4.78 is 44.6. The molecule has 0 amide bonds. The standard InChI is InChI=1S/C11H13ClF3N5O3/c1-23-11(17)5(2-8(12)16)6(3-9(13)14)19-4-7(20(21)22)10(15)18-19/h2,4,6,9H,3,16-17H2,1H3/b8-2-,11-5-. The number of nitrogens with zero attached hydrogens (tertiary/aromatic N) is 3. The number of alkyl halides is 2. The molecule has 12 heteroatoms. The second-order valence-electron chi connectivity index (χ2n) is 4.24. The van der Waals surface area contributed by atoms with Crippen molar-refractivity contribution in [2.75, 3.05) is 7.11 Å². The lowest BCUT2D eigenvalue weighted by atomic mass is 10.0. The Morgan fingerprint density at radius 2 is 2.22 bits per heavy atom. The molecule has 1 atom stereocenters. The average Bonchev–Trinajstić information content (AvgIpc) is 2.83. The predicted molar refractivity (Wildman–Crippen MR) is 74.8 cm³/mol. The highest BCUT2D eigenvalue weighted by Gasteiger charge is 2.28. The molecule has 0 aliphatic carbocycles. The number of halogens is 4. The van der Waals surface area contributed by atoms with Crippen LogP contribution in [0.5, 0.6) is 0 Å². The van der Waals surface area contributed by atoms with E-state index in [2.05, 4.69) is 5.10 Å². The molecule has 0 saturated heterocycles. The molecular weight excluding hydrogens is 343 g/mol. The molecule has 4 N–H and O–H groups in total. The highest BCUT2D eigenvalue weighted by molar-refractivity contribution is 6.29. The number of ether oxygens (including phenoxy) is 1. The van der Waals surface area contributed by atoms with Crippen LogP contribution < -0.4 is 11.5 Å². The topological polar surface area (TPSA) is 122 Å². The van der Waals surface area contributed by atoms with Gasteiger partial charge in [-0.3, -0.25) is 14.8 Å². The van der Waals surface area contributed by atoms with E-state index in [9.17, 15) is 23.3 Å². The maximum absolute atomic E-state index is 13.5. The SMILES string of the molecule is CO/C(N)=C(/C=C(\N)Cl)C(CC(F)F)n1cc([N+](=O)[O-])c(F)n1. The van der Waals surface area contributed by atoms with Gasteiger partial charge in [0.15, 0.2) is 5.88 Å². The van der Waals surface area contributed by atoms with Crippen molar-refractivity contribution in [1.82, 2.24) is 9.78 Å². The summed E-state index contributed by atoms with van der Waals surface area (Å²) in [7, 11) is 1.17. The molecule has 0 aliphatic heterocycles. The molecule has 1 unspecified atom stereocenters. The third-order valence-corrected chi connectivity index (χ3v) is 2.85. The lowest BCUT2D eigenvalue weighted by molar-refractivity contribution is -0.387. The molecule has 128 valence electrons. The number of aromatic nitrogens is 2. The summed E-state index contributed by atoms with van der Waals surface area (Å²) >= 11 is 5.52. The van der Waals surface area contributed by atoms with Crippen molar-refractivity contribution in [2.24, 2.45) is 11.5 Å². The number of nitrogens with two attached hydrogens (primary N) is 2. The molecule has 0 fully saturated rings. The van der Waals surface area contributed by atoms with Crippen molar-refractivity contribution in [3.05, 3.63) is 44.9 Å². The summed E-state index contributed by atoms with van der Waals surface area (Å²) in [6.45, 7) is 0. The van der Waals surface area contributed by atoms with E-state index in [0.29, 0.717) is 10.9 Å². The van der Waals surface area contributed by atoms with Gasteiger partial charge in [0.2, 0.25) is 6.43 Å². The summed E-state index contributed by atoms with van der Waals surface area (Å²) in [6, 6.07) is -1.38. The molecule has 8 nitrogen and oxygen atoms in total. The molecule has 0 radical (unpaired) electrons. The molecule has 1 aromatic rings. The zero-order valence-corrected chi connectivity index (χ0v) is 12.5. The van der Waals surface area contributed by atoms with E-state index in [-0.39, 0.29) is 16.6 Å². The Morgan fingerprint density at radius 3 is 2.61 bits per heavy atom. The molecule has 0 bridgehead atoms. The maximum atomic E-state index is 13.5. The third-order valence-electron chi connectivity index (χ3n) is 2.74. The Kier molecular flexibility index (Phi) is 6.25. The summed E-state index contributed by atoms with van der Waals surface area (Å²) in [6.07, 6.45) is -2.03. The van der Waals surface area contributed by atoms with Gasteiger partial charge in [-0.05, 0) is 6.08 Å². The van der Waals surface area contributed by atoms with Crippen LogP contribution in [0.25, 0.3) is 0 Å². The van der Waals surface area contributed by atoms with Gasteiger partial charge in [-0.2, -0.15) is 4.39 Å². The molecule has 1 rings (SSSR count). The second kappa shape index (κ2) is 7.72. The summed E-state index contributed by atoms with van der Waals surface area (Å²) in [4.78, 5) is 9.63. The first-order valence-electron chi connectivity index (χ1n) is 6.00. The van der Waals surface area contributed by atoms with Gasteiger partial charge in [0.05, 0.1) is 23.2 Å². The van der Waals surface area contributed by atoms with E-state index in [0.717, 1.165) is 6.08 Å². The van der Waals surface area contributed by atoms with Gasteiger partial charge in [0.1, 0.15) is 6.20 Å². The van der Waals surface area contributed by atoms with Crippen LogP contribution in [0.2, 0.25) is 0 Å². The van der Waals surface area contributed by atoms with Gasteiger partial charge >= 0.3 is 11.6 Å². The van der Waals surface area contributed by atoms with Gasteiger partial charge in [-0.1, -0.05) is 11.6 Å². The van der Waals surface area contributed by atoms with E-state index in [1.165, 1.54) is 7.11 Å². The quantitative estimate of drug-likeness (QED) is 0.253. The third kappa shape index (κ3) is 4.77. The largest absolute Gasteiger partial charge is 0.482 e. The molecule has 0 spiro atoms. The number of allylic oxidation sites excluding steroid dienone is 2. The zero-order valence-electron chi connectivity index (χ0n) is 11.7. The van der Waals surface area contributed by atoms with E-state index in [1.807, 2.05) is 0 Å². The second-order valence-corrected chi connectivity index (χ2v) is 4.67. The van der Waals surface area contributed by atoms with Crippen LogP contribution in [0.1, 0.15) is 12.5 Å². The van der Waals surface area contributed by atoms with Crippen molar-refractivity contribution < 1.29 is 22.8 Å². The Labute approximate surface area is 133 Å². The van der Waals surface area contributed by atoms with Crippen LogP contribution in [-0.4, -0.2) is 28.2 Å². The van der Waals surface area contributed by atoms with Crippen LogP contribution in [-0.2, 0) is 4.74 Å². The highest BCUT2D eigenvalue weighted by Crippen LogP contribution is 2.30. The van der Waals surface area contributed by atoms with Crippen molar-refractivity contribution in [3.8, 4) is 0 Å². The van der Waals surface area contributed by atoms with Gasteiger partial charge < -0.3 is 16.2 Å². The van der Waals surface area contributed by atoms with Crippen molar-refractivity contribution in [2.45, 2.75) is 18.9 Å². The number of rotatable bonds is 7. The lowest BCUT2D eigenvalue weighted by Crippen LogP contribution is -2.20. The summed E-state index contributed by atoms with van der Waals surface area (Å²) in [5.74, 6) is -1.75. The Bertz CT molecular complexity index is 643. The molecular formula is C11H13ClF3N5O3. The monoisotopic (exact) mass is 355 g/mol. The van der Waals surface area contributed by atoms with Gasteiger partial charge in [0, 0.05) is 12.0 Å². The first-order chi connectivity index (χ1) is 10.7. The van der Waals surface area contributed by atoms with Crippen LogP contribution >= 0.6 is 11.6 Å². The van der Waals surface area contributed by atoms with Gasteiger partial charge in [0.25, 0.3) is 0 Å². The highest BCUT2D eigenvalue weighted by atomic mass is 35.5. The first kappa shape index (κ1) is 18.6. The molecule has 0 aromatic carbocycles. The van der Waals surface area contributed by atoms with Crippen LogP contribution in [0, 0.1) is 16.1 Å². The van der Waals surface area contributed by atoms with E-state index in [1.54, 1.807) is 0 Å². The number of nitro groups is 1. The van der Waals surface area contributed by atoms with Crippen molar-refractivity contribution in [3.63, 3.8) is 0 Å². The Morgan fingerprint density at radius 1 is 1.61 bits per heavy atom.